The lowest BCUT2D eigenvalue weighted by atomic mass is 9.89. The fourth-order valence-electron chi connectivity index (χ4n) is 5.73. The van der Waals surface area contributed by atoms with Crippen molar-refractivity contribution in [2.45, 2.75) is 32.1 Å². The molecule has 1 unspecified atom stereocenters. The van der Waals surface area contributed by atoms with Gasteiger partial charge in [0.05, 0.1) is 50.5 Å². The summed E-state index contributed by atoms with van der Waals surface area (Å²) in [5.41, 5.74) is 1.48. The number of nitriles is 1. The van der Waals surface area contributed by atoms with Gasteiger partial charge in [-0.05, 0) is 54.4 Å². The highest BCUT2D eigenvalue weighted by molar-refractivity contribution is 5.93. The molecule has 2 aromatic carbocycles. The van der Waals surface area contributed by atoms with Crippen LogP contribution in [0.4, 0.5) is 24.8 Å². The molecular formula is C32H31BrF3N7O3. The van der Waals surface area contributed by atoms with Crippen LogP contribution in [0.25, 0.3) is 0 Å². The van der Waals surface area contributed by atoms with Crippen LogP contribution in [0.3, 0.4) is 0 Å². The average molecular weight is 699 g/mol. The molecule has 0 saturated carbocycles. The molecule has 4 aromatic rings. The summed E-state index contributed by atoms with van der Waals surface area (Å²) < 4.78 is 47.9. The monoisotopic (exact) mass is 697 g/mol. The van der Waals surface area contributed by atoms with Gasteiger partial charge < -0.3 is 26.2 Å². The highest BCUT2D eigenvalue weighted by atomic mass is 79.9. The molecule has 0 bridgehead atoms. The van der Waals surface area contributed by atoms with Gasteiger partial charge in [-0.3, -0.25) is 9.88 Å². The lowest BCUT2D eigenvalue weighted by molar-refractivity contribution is -0.903. The molecule has 3 heterocycles. The molecule has 0 radical (unpaired) electrons. The number of allylic oxidation sites excluding steroid dienone is 1. The molecule has 1 atom stereocenters. The van der Waals surface area contributed by atoms with Gasteiger partial charge in [0, 0.05) is 35.8 Å². The number of esters is 1. The van der Waals surface area contributed by atoms with Crippen molar-refractivity contribution in [3.8, 4) is 6.07 Å². The zero-order valence-corrected chi connectivity index (χ0v) is 27.1. The van der Waals surface area contributed by atoms with E-state index in [1.807, 2.05) is 18.3 Å². The van der Waals surface area contributed by atoms with Gasteiger partial charge in [0.15, 0.2) is 0 Å². The minimum absolute atomic E-state index is 0. The number of carbonyl (C=O) groups excluding carboxylic acids is 1. The van der Waals surface area contributed by atoms with Gasteiger partial charge >= 0.3 is 17.8 Å². The van der Waals surface area contributed by atoms with Crippen molar-refractivity contribution in [1.29, 1.82) is 5.26 Å². The Morgan fingerprint density at radius 3 is 2.57 bits per heavy atom. The number of carbonyl (C=O) groups is 1. The Labute approximate surface area is 273 Å². The van der Waals surface area contributed by atoms with Crippen molar-refractivity contribution >= 4 is 17.6 Å². The highest BCUT2D eigenvalue weighted by Crippen LogP contribution is 2.43. The molecule has 0 aliphatic carbocycles. The Balaban J connectivity index is 0.00000480. The number of nitrogens with zero attached hydrogens (tertiary/aromatic N) is 6. The first-order valence-electron chi connectivity index (χ1n) is 14.0. The molecule has 0 amide bonds. The number of hydrogen-bond acceptors (Lipinski definition) is 7. The van der Waals surface area contributed by atoms with Crippen LogP contribution in [0.1, 0.15) is 40.8 Å². The van der Waals surface area contributed by atoms with Crippen molar-refractivity contribution in [3.63, 3.8) is 0 Å². The van der Waals surface area contributed by atoms with Crippen LogP contribution >= 0.6 is 0 Å². The third-order valence-corrected chi connectivity index (χ3v) is 7.87. The third-order valence-electron chi connectivity index (χ3n) is 7.87. The number of halogens is 4. The van der Waals surface area contributed by atoms with Crippen LogP contribution in [-0.2, 0) is 28.7 Å². The molecule has 1 aliphatic heterocycles. The number of alkyl halides is 3. The highest BCUT2D eigenvalue weighted by Gasteiger charge is 2.41. The summed E-state index contributed by atoms with van der Waals surface area (Å²) in [6.45, 7) is 2.89. The molecule has 10 nitrogen and oxygen atoms in total. The molecule has 240 valence electrons. The van der Waals surface area contributed by atoms with Crippen LogP contribution in [0, 0.1) is 11.3 Å². The number of fused-ring (bicyclic) bond motifs is 1. The van der Waals surface area contributed by atoms with Crippen LogP contribution in [0.15, 0.2) is 83.1 Å². The third kappa shape index (κ3) is 6.75. The number of aromatic amines is 1. The molecule has 1 aliphatic rings. The summed E-state index contributed by atoms with van der Waals surface area (Å²) in [4.78, 5) is 32.4. The SMILES string of the molecule is COC(=O)C1=C(C)N(c2cccc(C(F)(F)F)c2)c2n[nH]c(=O)n2C1c1ccc(C#N)cc1CC[N+](C)(C)Cc1cccnc1.[Br-]. The van der Waals surface area contributed by atoms with Crippen molar-refractivity contribution in [1.82, 2.24) is 19.7 Å². The smallest absolute Gasteiger partial charge is 0.416 e. The summed E-state index contributed by atoms with van der Waals surface area (Å²) in [6.07, 6.45) is -0.630. The van der Waals surface area contributed by atoms with E-state index in [1.165, 1.54) is 28.7 Å². The summed E-state index contributed by atoms with van der Waals surface area (Å²) in [6, 6.07) is 14.6. The Kier molecular flexibility index (Phi) is 9.88. The lowest BCUT2D eigenvalue weighted by Gasteiger charge is -2.36. The molecular weight excluding hydrogens is 667 g/mol. The second-order valence-electron chi connectivity index (χ2n) is 11.4. The van der Waals surface area contributed by atoms with Crippen LogP contribution in [0.2, 0.25) is 0 Å². The van der Waals surface area contributed by atoms with Gasteiger partial charge in [-0.1, -0.05) is 18.2 Å². The number of likely N-dealkylation sites (N-methyl/N-ethyl adjacent to an activating group) is 1. The zero-order valence-electron chi connectivity index (χ0n) is 25.5. The fourth-order valence-corrected chi connectivity index (χ4v) is 5.73. The maximum atomic E-state index is 13.7. The normalized spacial score (nSPS) is 14.7. The molecule has 5 rings (SSSR count). The first-order chi connectivity index (χ1) is 21.3. The molecule has 1 N–H and O–H groups in total. The lowest BCUT2D eigenvalue weighted by Crippen LogP contribution is -3.00. The summed E-state index contributed by atoms with van der Waals surface area (Å²) >= 11 is 0. The number of hydrogen-bond donors (Lipinski definition) is 1. The number of aromatic nitrogens is 4. The molecule has 46 heavy (non-hydrogen) atoms. The van der Waals surface area contributed by atoms with Crippen LogP contribution in [0.5, 0.6) is 0 Å². The maximum Gasteiger partial charge on any atom is 0.416 e. The number of H-pyrrole nitrogens is 1. The van der Waals surface area contributed by atoms with E-state index in [4.69, 9.17) is 4.74 Å². The van der Waals surface area contributed by atoms with Gasteiger partial charge in [-0.25, -0.2) is 19.3 Å². The van der Waals surface area contributed by atoms with E-state index in [0.29, 0.717) is 35.1 Å². The minimum Gasteiger partial charge on any atom is -1.00 e. The predicted molar refractivity (Wildman–Crippen MR) is 159 cm³/mol. The van der Waals surface area contributed by atoms with E-state index in [0.717, 1.165) is 23.3 Å². The number of anilines is 2. The summed E-state index contributed by atoms with van der Waals surface area (Å²) in [5.74, 6) is -0.770. The van der Waals surface area contributed by atoms with Gasteiger partial charge in [-0.15, -0.1) is 5.10 Å². The first-order valence-corrected chi connectivity index (χ1v) is 14.0. The van der Waals surface area contributed by atoms with Crippen LogP contribution in [-0.4, -0.2) is 58.0 Å². The quantitative estimate of drug-likeness (QED) is 0.221. The molecule has 14 heteroatoms. The molecule has 2 aromatic heterocycles. The van der Waals surface area contributed by atoms with E-state index >= 15 is 0 Å². The number of ether oxygens (including phenoxy) is 1. The Bertz CT molecular complexity index is 1880. The van der Waals surface area contributed by atoms with Crippen molar-refractivity contribution in [2.75, 3.05) is 32.6 Å². The van der Waals surface area contributed by atoms with Gasteiger partial charge in [0.25, 0.3) is 0 Å². The van der Waals surface area contributed by atoms with E-state index < -0.39 is 29.4 Å². The minimum atomic E-state index is -4.62. The second-order valence-corrected chi connectivity index (χ2v) is 11.4. The topological polar surface area (TPSA) is 117 Å². The predicted octanol–water partition coefficient (Wildman–Crippen LogP) is 1.87. The van der Waals surface area contributed by atoms with Crippen molar-refractivity contribution in [2.24, 2.45) is 0 Å². The molecule has 0 spiro atoms. The van der Waals surface area contributed by atoms with E-state index in [-0.39, 0.29) is 39.9 Å². The Morgan fingerprint density at radius 2 is 1.91 bits per heavy atom. The van der Waals surface area contributed by atoms with E-state index in [1.54, 1.807) is 31.3 Å². The number of benzene rings is 2. The number of rotatable bonds is 8. The summed E-state index contributed by atoms with van der Waals surface area (Å²) in [7, 11) is 5.33. The Morgan fingerprint density at radius 1 is 1.15 bits per heavy atom. The van der Waals surface area contributed by atoms with E-state index in [2.05, 4.69) is 35.3 Å². The number of nitrogens with one attached hydrogen (secondary N) is 1. The number of pyridine rings is 1. The van der Waals surface area contributed by atoms with Crippen molar-refractivity contribution < 1.29 is 44.2 Å². The first kappa shape index (κ1) is 34.1. The largest absolute Gasteiger partial charge is 1.00 e. The van der Waals surface area contributed by atoms with Gasteiger partial charge in [0.2, 0.25) is 5.95 Å². The van der Waals surface area contributed by atoms with Gasteiger partial charge in [-0.2, -0.15) is 18.4 Å². The van der Waals surface area contributed by atoms with Crippen LogP contribution < -0.4 is 27.6 Å². The van der Waals surface area contributed by atoms with Crippen molar-refractivity contribution in [3.05, 3.63) is 117 Å². The van der Waals surface area contributed by atoms with E-state index in [9.17, 15) is 28.0 Å². The zero-order chi connectivity index (χ0) is 32.5. The fraction of sp³-hybridized carbons (Fsp3) is 0.281. The van der Waals surface area contributed by atoms with Gasteiger partial charge in [0.1, 0.15) is 12.6 Å². The second kappa shape index (κ2) is 13.3. The molecule has 0 fully saturated rings. The number of methoxy groups -OCH3 is 1. The average Bonchev–Trinajstić information content (AvgIpc) is 3.39. The maximum absolute atomic E-state index is 13.7. The summed E-state index contributed by atoms with van der Waals surface area (Å²) in [5, 5.41) is 16.3. The standard InChI is InChI=1S/C32H30F3N7O3.BrH/c1-20-27(29(43)45-4)28(41-30(38-39-31(41)44)40(20)25-9-5-8-24(16-25)32(33,34)35)26-11-10-21(17-36)15-23(26)12-14-42(2,3)19-22-7-6-13-37-18-22;/h5-11,13,15-16,18,28H,12,14,19H2,1-4H3;1H. The Hall–Kier alpha value is -4.74. The number of quaternary nitrogens is 1. The molecule has 0 saturated heterocycles.